The highest BCUT2D eigenvalue weighted by Crippen LogP contribution is 2.19. The number of carbonyl (C=O) groups is 1. The highest BCUT2D eigenvalue weighted by atomic mass is 32.2. The Balaban J connectivity index is 2.29. The zero-order valence-corrected chi connectivity index (χ0v) is 11.1. The second kappa shape index (κ2) is 5.24. The first kappa shape index (κ1) is 13.3. The maximum Gasteiger partial charge on any atom is 0.257 e. The Morgan fingerprint density at radius 1 is 1.11 bits per heavy atom. The molecule has 0 unspecified atom stereocenters. The van der Waals surface area contributed by atoms with Crippen molar-refractivity contribution < 1.29 is 13.2 Å². The molecule has 0 aliphatic carbocycles. The normalized spacial score (nSPS) is 11.8. The fourth-order valence-corrected chi connectivity index (χ4v) is 2.21. The Bertz CT molecular complexity index is 743. The van der Waals surface area contributed by atoms with Crippen molar-refractivity contribution in [1.29, 1.82) is 0 Å². The van der Waals surface area contributed by atoms with E-state index < -0.39 is 15.9 Å². The third kappa shape index (κ3) is 3.66. The van der Waals surface area contributed by atoms with Crippen LogP contribution in [0.3, 0.4) is 0 Å². The number of rotatable bonds is 3. The summed E-state index contributed by atoms with van der Waals surface area (Å²) >= 11 is 0. The number of hydrogen-bond acceptors (Lipinski definition) is 3. The quantitative estimate of drug-likeness (QED) is 0.871. The number of carbonyl (C=O) groups excluding carboxylic acids is 1. The van der Waals surface area contributed by atoms with E-state index in [4.69, 9.17) is 0 Å². The van der Waals surface area contributed by atoms with Gasteiger partial charge in [0.05, 0.1) is 6.26 Å². The molecule has 0 aliphatic heterocycles. The predicted molar refractivity (Wildman–Crippen MR) is 76.0 cm³/mol. The van der Waals surface area contributed by atoms with E-state index in [0.717, 1.165) is 22.6 Å². The summed E-state index contributed by atoms with van der Waals surface area (Å²) in [4.78, 5) is 11.4. The maximum atomic E-state index is 11.4. The van der Waals surface area contributed by atoms with Gasteiger partial charge in [0, 0.05) is 6.08 Å². The first-order valence-corrected chi connectivity index (χ1v) is 7.52. The van der Waals surface area contributed by atoms with Crippen LogP contribution >= 0.6 is 0 Å². The summed E-state index contributed by atoms with van der Waals surface area (Å²) in [6.45, 7) is 0. The first-order valence-electron chi connectivity index (χ1n) is 5.63. The van der Waals surface area contributed by atoms with E-state index >= 15 is 0 Å². The van der Waals surface area contributed by atoms with E-state index in [1.54, 1.807) is 6.08 Å². The highest BCUT2D eigenvalue weighted by molar-refractivity contribution is 7.89. The Morgan fingerprint density at radius 2 is 1.79 bits per heavy atom. The summed E-state index contributed by atoms with van der Waals surface area (Å²) in [5.41, 5.74) is 0.863. The number of fused-ring (bicyclic) bond motifs is 1. The van der Waals surface area contributed by atoms with Gasteiger partial charge < -0.3 is 0 Å². The van der Waals surface area contributed by atoms with Crippen molar-refractivity contribution in [3.63, 3.8) is 0 Å². The predicted octanol–water partition coefficient (Wildman–Crippen LogP) is 1.93. The molecular formula is C14H13NO3S. The van der Waals surface area contributed by atoms with Gasteiger partial charge in [-0.25, -0.2) is 13.1 Å². The summed E-state index contributed by atoms with van der Waals surface area (Å²) in [6, 6.07) is 13.5. The molecule has 2 rings (SSSR count). The number of amides is 1. The van der Waals surface area contributed by atoms with Gasteiger partial charge in [-0.3, -0.25) is 4.79 Å². The molecule has 2 aromatic carbocycles. The van der Waals surface area contributed by atoms with Crippen molar-refractivity contribution >= 4 is 32.8 Å². The van der Waals surface area contributed by atoms with E-state index in [1.807, 2.05) is 47.2 Å². The summed E-state index contributed by atoms with van der Waals surface area (Å²) in [5.74, 6) is -0.657. The van der Waals surface area contributed by atoms with Gasteiger partial charge in [-0.2, -0.15) is 0 Å². The summed E-state index contributed by atoms with van der Waals surface area (Å²) < 4.78 is 23.7. The zero-order valence-electron chi connectivity index (χ0n) is 10.3. The van der Waals surface area contributed by atoms with Crippen LogP contribution < -0.4 is 4.72 Å². The van der Waals surface area contributed by atoms with Crippen LogP contribution in [0.1, 0.15) is 5.56 Å². The average molecular weight is 275 g/mol. The fourth-order valence-electron chi connectivity index (χ4n) is 1.78. The van der Waals surface area contributed by atoms with E-state index in [2.05, 4.69) is 0 Å². The molecule has 0 atom stereocenters. The number of nitrogens with one attached hydrogen (secondary N) is 1. The van der Waals surface area contributed by atoms with Gasteiger partial charge in [0.25, 0.3) is 5.91 Å². The second-order valence-corrected chi connectivity index (χ2v) is 5.89. The third-order valence-corrected chi connectivity index (χ3v) is 3.10. The van der Waals surface area contributed by atoms with Crippen LogP contribution in [0.25, 0.3) is 16.8 Å². The van der Waals surface area contributed by atoms with Gasteiger partial charge in [0.15, 0.2) is 0 Å². The molecule has 0 fully saturated rings. The lowest BCUT2D eigenvalue weighted by Crippen LogP contribution is -2.27. The minimum atomic E-state index is -3.52. The van der Waals surface area contributed by atoms with Gasteiger partial charge in [-0.1, -0.05) is 42.5 Å². The van der Waals surface area contributed by atoms with Gasteiger partial charge in [0.2, 0.25) is 10.0 Å². The Labute approximate surface area is 111 Å². The summed E-state index contributed by atoms with van der Waals surface area (Å²) in [5, 5.41) is 2.07. The molecule has 2 aromatic rings. The molecule has 0 aliphatic rings. The molecule has 0 saturated heterocycles. The molecular weight excluding hydrogens is 262 g/mol. The molecule has 5 heteroatoms. The first-order chi connectivity index (χ1) is 8.96. The highest BCUT2D eigenvalue weighted by Gasteiger charge is 2.04. The molecule has 0 heterocycles. The minimum absolute atomic E-state index is 0.657. The smallest absolute Gasteiger partial charge is 0.257 e. The van der Waals surface area contributed by atoms with E-state index in [9.17, 15) is 13.2 Å². The molecule has 1 N–H and O–H groups in total. The molecule has 0 radical (unpaired) electrons. The van der Waals surface area contributed by atoms with Crippen molar-refractivity contribution in [3.05, 3.63) is 54.1 Å². The van der Waals surface area contributed by atoms with Crippen molar-refractivity contribution in [2.75, 3.05) is 6.26 Å². The van der Waals surface area contributed by atoms with Gasteiger partial charge in [0.1, 0.15) is 0 Å². The van der Waals surface area contributed by atoms with Crippen molar-refractivity contribution in [3.8, 4) is 0 Å². The molecule has 1 amide bonds. The van der Waals surface area contributed by atoms with Gasteiger partial charge >= 0.3 is 0 Å². The molecule has 0 spiro atoms. The molecule has 0 saturated carbocycles. The summed E-state index contributed by atoms with van der Waals surface area (Å²) in [7, 11) is -3.52. The van der Waals surface area contributed by atoms with Crippen molar-refractivity contribution in [2.45, 2.75) is 0 Å². The number of benzene rings is 2. The van der Waals surface area contributed by atoms with E-state index in [0.29, 0.717) is 0 Å². The molecule has 98 valence electrons. The van der Waals surface area contributed by atoms with Gasteiger partial charge in [-0.05, 0) is 22.4 Å². The minimum Gasteiger partial charge on any atom is -0.269 e. The number of sulfonamides is 1. The van der Waals surface area contributed by atoms with Crippen LogP contribution in [-0.4, -0.2) is 20.6 Å². The molecule has 19 heavy (non-hydrogen) atoms. The van der Waals surface area contributed by atoms with Gasteiger partial charge in [-0.15, -0.1) is 0 Å². The number of hydrogen-bond donors (Lipinski definition) is 1. The lowest BCUT2D eigenvalue weighted by Gasteiger charge is -2.01. The standard InChI is InChI=1S/C14H13NO3S/c1-19(17,18)15-14(16)10-9-12-7-4-6-11-5-2-3-8-13(11)12/h2-10H,1H3,(H,15,16)/b10-9-. The second-order valence-electron chi connectivity index (χ2n) is 4.14. The monoisotopic (exact) mass is 275 g/mol. The Morgan fingerprint density at radius 3 is 2.53 bits per heavy atom. The van der Waals surface area contributed by atoms with Crippen LogP contribution in [0.15, 0.2) is 48.5 Å². The summed E-state index contributed by atoms with van der Waals surface area (Å²) in [6.07, 6.45) is 3.75. The van der Waals surface area contributed by atoms with E-state index in [-0.39, 0.29) is 0 Å². The third-order valence-electron chi connectivity index (χ3n) is 2.52. The Kier molecular flexibility index (Phi) is 3.66. The zero-order chi connectivity index (χ0) is 13.9. The largest absolute Gasteiger partial charge is 0.269 e. The molecule has 0 bridgehead atoms. The van der Waals surface area contributed by atoms with E-state index in [1.165, 1.54) is 6.08 Å². The van der Waals surface area contributed by atoms with Crippen LogP contribution in [0, 0.1) is 0 Å². The lowest BCUT2D eigenvalue weighted by atomic mass is 10.0. The topological polar surface area (TPSA) is 63.2 Å². The van der Waals surface area contributed by atoms with Crippen molar-refractivity contribution in [2.24, 2.45) is 0 Å². The SMILES string of the molecule is CS(=O)(=O)NC(=O)/C=C\c1cccc2ccccc12. The average Bonchev–Trinajstić information content (AvgIpc) is 2.34. The lowest BCUT2D eigenvalue weighted by molar-refractivity contribution is -0.114. The van der Waals surface area contributed by atoms with Crippen LogP contribution in [-0.2, 0) is 14.8 Å². The Hall–Kier alpha value is -2.14. The van der Waals surface area contributed by atoms with Crippen molar-refractivity contribution in [1.82, 2.24) is 4.72 Å². The van der Waals surface area contributed by atoms with Crippen LogP contribution in [0.2, 0.25) is 0 Å². The molecule has 0 aromatic heterocycles. The molecule has 4 nitrogen and oxygen atoms in total. The fraction of sp³-hybridized carbons (Fsp3) is 0.0714. The van der Waals surface area contributed by atoms with Crippen LogP contribution in [0.4, 0.5) is 0 Å². The van der Waals surface area contributed by atoms with Crippen LogP contribution in [0.5, 0.6) is 0 Å². The maximum absolute atomic E-state index is 11.4.